The number of aliphatic hydroxyl groups excluding tert-OH is 1. The van der Waals surface area contributed by atoms with Gasteiger partial charge in [-0.25, -0.2) is 0 Å². The molecule has 2 aromatic carbocycles. The number of aryl methyl sites for hydroxylation is 1. The molecule has 1 heterocycles. The van der Waals surface area contributed by atoms with Crippen LogP contribution in [0.15, 0.2) is 54.3 Å². The minimum Gasteiger partial charge on any atom is -0.512 e. The molecule has 0 aromatic heterocycles. The van der Waals surface area contributed by atoms with Gasteiger partial charge >= 0.3 is 0 Å². The molecule has 0 atom stereocenters. The van der Waals surface area contributed by atoms with Gasteiger partial charge in [0.2, 0.25) is 5.79 Å². The number of carbonyl (C=O) groups excluding carboxylic acids is 1. The van der Waals surface area contributed by atoms with Crippen LogP contribution < -0.4 is 0 Å². The van der Waals surface area contributed by atoms with Crippen molar-refractivity contribution in [3.63, 3.8) is 0 Å². The minimum absolute atomic E-state index is 0.00279. The zero-order valence-corrected chi connectivity index (χ0v) is 20.8. The molecular formula is C30H34O4. The predicted octanol–water partition coefficient (Wildman–Crippen LogP) is 6.39. The first kappa shape index (κ1) is 23.1. The first-order valence-electron chi connectivity index (χ1n) is 12.3. The number of rotatable bonds is 3. The van der Waals surface area contributed by atoms with E-state index in [0.29, 0.717) is 38.0 Å². The maximum absolute atomic E-state index is 12.5. The Labute approximate surface area is 202 Å². The summed E-state index contributed by atoms with van der Waals surface area (Å²) in [7, 11) is 0. The lowest BCUT2D eigenvalue weighted by molar-refractivity contribution is -0.130. The van der Waals surface area contributed by atoms with Crippen molar-refractivity contribution in [2.45, 2.75) is 70.5 Å². The number of Topliss-reactive ketones (excluding diaryl/α,β-unsaturated/α-hetero) is 1. The molecule has 4 nitrogen and oxygen atoms in total. The van der Waals surface area contributed by atoms with Gasteiger partial charge in [0, 0.05) is 34.8 Å². The lowest BCUT2D eigenvalue weighted by Gasteiger charge is -2.39. The predicted molar refractivity (Wildman–Crippen MR) is 134 cm³/mol. The fourth-order valence-corrected chi connectivity index (χ4v) is 5.63. The fraction of sp³-hybridized carbons (Fsp3) is 0.433. The molecule has 1 fully saturated rings. The van der Waals surface area contributed by atoms with Crippen LogP contribution in [0.1, 0.15) is 80.3 Å². The SMILES string of the molecule is Cc1cc2c(cc1C1(c3ccc(C4=C(O)CCCC4=O)cc3)OCCO1)C(C)(C)C=CC2(C)C. The topological polar surface area (TPSA) is 55.8 Å². The number of ketones is 1. The summed E-state index contributed by atoms with van der Waals surface area (Å²) < 4.78 is 12.7. The first-order chi connectivity index (χ1) is 16.1. The van der Waals surface area contributed by atoms with Gasteiger partial charge in [-0.15, -0.1) is 0 Å². The van der Waals surface area contributed by atoms with Gasteiger partial charge in [-0.2, -0.15) is 0 Å². The maximum atomic E-state index is 12.5. The van der Waals surface area contributed by atoms with Crippen molar-refractivity contribution in [3.8, 4) is 0 Å². The normalized spacial score (nSPS) is 22.7. The van der Waals surface area contributed by atoms with Crippen LogP contribution in [0.5, 0.6) is 0 Å². The zero-order valence-electron chi connectivity index (χ0n) is 20.8. The van der Waals surface area contributed by atoms with E-state index < -0.39 is 5.79 Å². The second kappa shape index (κ2) is 7.93. The number of fused-ring (bicyclic) bond motifs is 1. The summed E-state index contributed by atoms with van der Waals surface area (Å²) in [5.74, 6) is -0.801. The smallest absolute Gasteiger partial charge is 0.222 e. The molecule has 5 rings (SSSR count). The Morgan fingerprint density at radius 3 is 2.00 bits per heavy atom. The van der Waals surface area contributed by atoms with Crippen molar-refractivity contribution in [2.24, 2.45) is 0 Å². The highest BCUT2D eigenvalue weighted by Gasteiger charge is 2.44. The number of carbonyl (C=O) groups is 1. The van der Waals surface area contributed by atoms with Crippen molar-refractivity contribution in [1.29, 1.82) is 0 Å². The molecule has 1 aliphatic heterocycles. The van der Waals surface area contributed by atoms with E-state index in [0.717, 1.165) is 22.3 Å². The number of hydrogen-bond donors (Lipinski definition) is 1. The molecule has 178 valence electrons. The molecule has 3 aliphatic rings. The first-order valence-corrected chi connectivity index (χ1v) is 12.3. The molecular weight excluding hydrogens is 424 g/mol. The lowest BCUT2D eigenvalue weighted by Crippen LogP contribution is -2.33. The number of hydrogen-bond acceptors (Lipinski definition) is 4. The zero-order chi connectivity index (χ0) is 24.3. The lowest BCUT2D eigenvalue weighted by atomic mass is 9.66. The molecule has 0 spiro atoms. The summed E-state index contributed by atoms with van der Waals surface area (Å²) in [6.45, 7) is 12.2. The molecule has 0 bridgehead atoms. The van der Waals surface area contributed by atoms with Gasteiger partial charge in [-0.05, 0) is 41.7 Å². The number of ether oxygens (including phenoxy) is 2. The number of aliphatic hydroxyl groups is 1. The maximum Gasteiger partial charge on any atom is 0.222 e. The molecule has 2 aliphatic carbocycles. The van der Waals surface area contributed by atoms with Crippen molar-refractivity contribution in [2.75, 3.05) is 13.2 Å². The van der Waals surface area contributed by atoms with E-state index in [9.17, 15) is 9.90 Å². The Morgan fingerprint density at radius 2 is 1.41 bits per heavy atom. The summed E-state index contributed by atoms with van der Waals surface area (Å²) >= 11 is 0. The van der Waals surface area contributed by atoms with Gasteiger partial charge in [-0.1, -0.05) is 70.2 Å². The van der Waals surface area contributed by atoms with E-state index in [-0.39, 0.29) is 22.4 Å². The summed E-state index contributed by atoms with van der Waals surface area (Å²) in [6, 6.07) is 12.3. The quantitative estimate of drug-likeness (QED) is 0.542. The molecule has 1 saturated heterocycles. The van der Waals surface area contributed by atoms with Gasteiger partial charge in [-0.3, -0.25) is 4.79 Å². The second-order valence-electron chi connectivity index (χ2n) is 11.0. The molecule has 4 heteroatoms. The highest BCUT2D eigenvalue weighted by atomic mass is 16.7. The Morgan fingerprint density at radius 1 is 0.824 bits per heavy atom. The molecule has 0 amide bonds. The molecule has 0 radical (unpaired) electrons. The molecule has 34 heavy (non-hydrogen) atoms. The van der Waals surface area contributed by atoms with Crippen LogP contribution in [0.2, 0.25) is 0 Å². The Hall–Kier alpha value is -2.69. The van der Waals surface area contributed by atoms with E-state index in [2.05, 4.69) is 58.9 Å². The third-order valence-electron chi connectivity index (χ3n) is 7.66. The van der Waals surface area contributed by atoms with Gasteiger partial charge in [0.05, 0.1) is 18.8 Å². The fourth-order valence-electron chi connectivity index (χ4n) is 5.63. The average molecular weight is 459 g/mol. The highest BCUT2D eigenvalue weighted by molar-refractivity contribution is 6.21. The van der Waals surface area contributed by atoms with Crippen LogP contribution in [-0.4, -0.2) is 24.1 Å². The number of allylic oxidation sites excluding steroid dienone is 4. The molecule has 0 unspecified atom stereocenters. The highest BCUT2D eigenvalue weighted by Crippen LogP contribution is 2.47. The standard InChI is InChI=1S/C30H34O4/c1-19-17-23-24(29(4,5)14-13-28(23,2)3)18-22(19)30(33-15-16-34-30)21-11-9-20(10-12-21)27-25(31)7-6-8-26(27)32/h9-14,17-18,31H,6-8,15-16H2,1-5H3. The minimum atomic E-state index is -0.994. The summed E-state index contributed by atoms with van der Waals surface area (Å²) in [6.07, 6.45) is 6.34. The Bertz CT molecular complexity index is 1210. The summed E-state index contributed by atoms with van der Waals surface area (Å²) in [5.41, 5.74) is 6.73. The third kappa shape index (κ3) is 3.55. The van der Waals surface area contributed by atoms with E-state index in [1.54, 1.807) is 0 Å². The average Bonchev–Trinajstić information content (AvgIpc) is 3.28. The van der Waals surface area contributed by atoms with Crippen molar-refractivity contribution < 1.29 is 19.4 Å². The molecule has 2 aromatic rings. The Kier molecular flexibility index (Phi) is 5.38. The van der Waals surface area contributed by atoms with Crippen LogP contribution in [0.4, 0.5) is 0 Å². The Balaban J connectivity index is 1.62. The number of benzene rings is 2. The van der Waals surface area contributed by atoms with E-state index in [1.807, 2.05) is 24.3 Å². The largest absolute Gasteiger partial charge is 0.512 e. The van der Waals surface area contributed by atoms with Crippen LogP contribution in [0.25, 0.3) is 5.57 Å². The van der Waals surface area contributed by atoms with Gasteiger partial charge < -0.3 is 14.6 Å². The van der Waals surface area contributed by atoms with Gasteiger partial charge in [0.1, 0.15) is 5.76 Å². The van der Waals surface area contributed by atoms with Crippen molar-refractivity contribution >= 4 is 11.4 Å². The van der Waals surface area contributed by atoms with Crippen LogP contribution in [0.3, 0.4) is 0 Å². The van der Waals surface area contributed by atoms with E-state index in [1.165, 1.54) is 11.1 Å². The van der Waals surface area contributed by atoms with Crippen LogP contribution in [-0.2, 0) is 30.9 Å². The summed E-state index contributed by atoms with van der Waals surface area (Å²) in [5, 5.41) is 10.3. The molecule has 1 N–H and O–H groups in total. The summed E-state index contributed by atoms with van der Waals surface area (Å²) in [4.78, 5) is 12.5. The van der Waals surface area contributed by atoms with Gasteiger partial charge in [0.15, 0.2) is 5.78 Å². The monoisotopic (exact) mass is 458 g/mol. The van der Waals surface area contributed by atoms with Crippen LogP contribution in [0, 0.1) is 6.92 Å². The second-order valence-corrected chi connectivity index (χ2v) is 11.0. The van der Waals surface area contributed by atoms with Crippen molar-refractivity contribution in [1.82, 2.24) is 0 Å². The van der Waals surface area contributed by atoms with Crippen molar-refractivity contribution in [3.05, 3.63) is 87.7 Å². The molecule has 0 saturated carbocycles. The third-order valence-corrected chi connectivity index (χ3v) is 7.66. The van der Waals surface area contributed by atoms with E-state index in [4.69, 9.17) is 9.47 Å². The van der Waals surface area contributed by atoms with Gasteiger partial charge in [0.25, 0.3) is 0 Å². The van der Waals surface area contributed by atoms with E-state index >= 15 is 0 Å². The van der Waals surface area contributed by atoms with Crippen LogP contribution >= 0.6 is 0 Å².